The van der Waals surface area contributed by atoms with E-state index in [1.54, 1.807) is 4.57 Å². The van der Waals surface area contributed by atoms with Gasteiger partial charge in [-0.3, -0.25) is 19.2 Å². The van der Waals surface area contributed by atoms with Crippen LogP contribution in [0.3, 0.4) is 0 Å². The van der Waals surface area contributed by atoms with E-state index in [9.17, 15) is 19.2 Å². The van der Waals surface area contributed by atoms with Crippen LogP contribution in [0.2, 0.25) is 0 Å². The van der Waals surface area contributed by atoms with Crippen molar-refractivity contribution in [2.24, 2.45) is 5.92 Å². The number of carbonyl (C=O) groups excluding carboxylic acids is 3. The molecule has 37 heavy (non-hydrogen) atoms. The van der Waals surface area contributed by atoms with Crippen LogP contribution in [0.4, 0.5) is 10.1 Å². The summed E-state index contributed by atoms with van der Waals surface area (Å²) in [6.07, 6.45) is 4.38. The van der Waals surface area contributed by atoms with Crippen LogP contribution in [-0.4, -0.2) is 68.8 Å². The highest BCUT2D eigenvalue weighted by Crippen LogP contribution is 2.43. The summed E-state index contributed by atoms with van der Waals surface area (Å²) in [6, 6.07) is 0.908. The third-order valence-corrected chi connectivity index (χ3v) is 7.03. The molecule has 0 radical (unpaired) electrons. The van der Waals surface area contributed by atoms with E-state index in [1.165, 1.54) is 11.8 Å². The molecule has 2 atom stereocenters. The zero-order chi connectivity index (χ0) is 25.7. The molecule has 1 saturated heterocycles. The molecular weight excluding hydrogens is 509 g/mol. The molecule has 198 valence electrons. The number of benzene rings is 1. The highest BCUT2D eigenvalue weighted by Gasteiger charge is 2.40. The van der Waals surface area contributed by atoms with E-state index in [2.05, 4.69) is 20.9 Å². The fraction of sp³-hybridized carbons (Fsp3) is 0.440. The minimum Gasteiger partial charge on any atom is -0.487 e. The fourth-order valence-electron chi connectivity index (χ4n) is 5.20. The minimum absolute atomic E-state index is 0. The van der Waals surface area contributed by atoms with Gasteiger partial charge < -0.3 is 29.0 Å². The first kappa shape index (κ1) is 26.6. The van der Waals surface area contributed by atoms with E-state index in [-0.39, 0.29) is 47.9 Å². The average molecular weight is 536 g/mol. The number of carbonyl (C=O) groups is 3. The highest BCUT2D eigenvalue weighted by atomic mass is 35.5. The van der Waals surface area contributed by atoms with Gasteiger partial charge in [0.05, 0.1) is 36.7 Å². The van der Waals surface area contributed by atoms with Gasteiger partial charge in [-0.05, 0) is 31.5 Å². The van der Waals surface area contributed by atoms with Gasteiger partial charge in [-0.1, -0.05) is 6.08 Å². The van der Waals surface area contributed by atoms with Crippen molar-refractivity contribution in [2.45, 2.75) is 25.4 Å². The maximum Gasteiger partial charge on any atom is 0.328 e. The number of halogens is 2. The Morgan fingerprint density at radius 3 is 2.57 bits per heavy atom. The third kappa shape index (κ3) is 4.25. The predicted molar refractivity (Wildman–Crippen MR) is 134 cm³/mol. The summed E-state index contributed by atoms with van der Waals surface area (Å²) in [5, 5.41) is 3.36. The average Bonchev–Trinajstić information content (AvgIpc) is 3.30. The number of methoxy groups -OCH3 is 2. The molecule has 0 aliphatic carbocycles. The van der Waals surface area contributed by atoms with Crippen LogP contribution in [0.15, 0.2) is 28.7 Å². The summed E-state index contributed by atoms with van der Waals surface area (Å²) >= 11 is 0. The molecule has 0 bridgehead atoms. The molecule has 12 heteroatoms. The van der Waals surface area contributed by atoms with Crippen LogP contribution in [-0.2, 0) is 19.1 Å². The lowest BCUT2D eigenvalue weighted by Gasteiger charge is -2.31. The number of Topliss-reactive ketones (excluding diaryl/α,β-unsaturated/α-hetero) is 1. The first-order valence-electron chi connectivity index (χ1n) is 11.7. The van der Waals surface area contributed by atoms with Gasteiger partial charge >= 0.3 is 11.9 Å². The van der Waals surface area contributed by atoms with Crippen LogP contribution in [0.5, 0.6) is 5.75 Å². The second-order valence-electron chi connectivity index (χ2n) is 9.17. The Morgan fingerprint density at radius 2 is 1.92 bits per heavy atom. The van der Waals surface area contributed by atoms with Crippen LogP contribution < -0.4 is 20.4 Å². The van der Waals surface area contributed by atoms with Gasteiger partial charge in [0, 0.05) is 25.3 Å². The molecule has 1 N–H and O–H groups in total. The SMILES string of the molecule is COC(=O)C(C(=O)OC)C(=O)c1cn2c3c(c(N4CC5=CCCNC5C4)c(F)cc3c1=O)OC[C@@H]2C.Cl. The molecule has 0 spiro atoms. The van der Waals surface area contributed by atoms with Gasteiger partial charge in [0.25, 0.3) is 0 Å². The van der Waals surface area contributed by atoms with Crippen molar-refractivity contribution in [3.63, 3.8) is 0 Å². The van der Waals surface area contributed by atoms with Crippen molar-refractivity contribution in [3.8, 4) is 5.75 Å². The Hall–Kier alpha value is -3.44. The summed E-state index contributed by atoms with van der Waals surface area (Å²) in [6.45, 7) is 3.94. The Balaban J connectivity index is 0.00000320. The molecule has 1 aromatic carbocycles. The normalized spacial score (nSPS) is 20.0. The maximum absolute atomic E-state index is 15.6. The fourth-order valence-corrected chi connectivity index (χ4v) is 5.20. The van der Waals surface area contributed by atoms with Gasteiger partial charge in [0.1, 0.15) is 12.3 Å². The predicted octanol–water partition coefficient (Wildman–Crippen LogP) is 1.77. The van der Waals surface area contributed by atoms with Crippen LogP contribution in [0.1, 0.15) is 29.7 Å². The van der Waals surface area contributed by atoms with Crippen molar-refractivity contribution in [1.29, 1.82) is 0 Å². The molecule has 0 amide bonds. The van der Waals surface area contributed by atoms with Gasteiger partial charge in [0.15, 0.2) is 22.8 Å². The molecule has 2 aromatic rings. The number of esters is 2. The quantitative estimate of drug-likeness (QED) is 0.264. The maximum atomic E-state index is 15.6. The number of anilines is 1. The Morgan fingerprint density at radius 1 is 1.22 bits per heavy atom. The van der Waals surface area contributed by atoms with Crippen molar-refractivity contribution >= 4 is 46.7 Å². The van der Waals surface area contributed by atoms with Gasteiger partial charge in [0.2, 0.25) is 5.92 Å². The summed E-state index contributed by atoms with van der Waals surface area (Å²) in [5.41, 5.74) is 0.564. The van der Waals surface area contributed by atoms with Crippen molar-refractivity contribution in [2.75, 3.05) is 45.4 Å². The second-order valence-corrected chi connectivity index (χ2v) is 9.17. The Kier molecular flexibility index (Phi) is 7.29. The van der Waals surface area contributed by atoms with Crippen molar-refractivity contribution < 1.29 is 33.0 Å². The third-order valence-electron chi connectivity index (χ3n) is 7.03. The number of aromatic nitrogens is 1. The number of ether oxygens (including phenoxy) is 3. The zero-order valence-electron chi connectivity index (χ0n) is 20.5. The van der Waals surface area contributed by atoms with E-state index in [0.29, 0.717) is 18.6 Å². The van der Waals surface area contributed by atoms with Gasteiger partial charge in [-0.2, -0.15) is 0 Å². The van der Waals surface area contributed by atoms with Gasteiger partial charge in [-0.25, -0.2) is 4.39 Å². The molecule has 5 rings (SSSR count). The van der Waals surface area contributed by atoms with E-state index in [4.69, 9.17) is 4.74 Å². The number of ketones is 1. The number of pyridine rings is 1. The van der Waals surface area contributed by atoms with Gasteiger partial charge in [-0.15, -0.1) is 12.4 Å². The molecular formula is C25H27ClFN3O7. The number of rotatable bonds is 5. The standard InChI is InChI=1S/C25H26FN3O7.ClH/c1-12-11-36-23-19-14(7-16(26)20(23)28-8-13-5-4-6-27-17(13)10-28)21(30)15(9-29(12)19)22(31)18(24(32)34-2)25(33)35-3;/h5,7,9,12,17-18,27H,4,6,8,10-11H2,1-3H3;1H/t12-,17?;/m0./s1. The monoisotopic (exact) mass is 535 g/mol. The number of fused-ring (bicyclic) bond motifs is 1. The molecule has 4 heterocycles. The van der Waals surface area contributed by atoms with Crippen molar-refractivity contribution in [1.82, 2.24) is 9.88 Å². The first-order valence-corrected chi connectivity index (χ1v) is 11.7. The molecule has 3 aliphatic heterocycles. The topological polar surface area (TPSA) is 116 Å². The molecule has 1 unspecified atom stereocenters. The number of hydrogen-bond donors (Lipinski definition) is 1. The Bertz CT molecular complexity index is 1370. The second kappa shape index (κ2) is 10.1. The molecule has 0 saturated carbocycles. The molecule has 10 nitrogen and oxygen atoms in total. The highest BCUT2D eigenvalue weighted by molar-refractivity contribution is 6.21. The van der Waals surface area contributed by atoms with Crippen molar-refractivity contribution in [3.05, 3.63) is 45.5 Å². The smallest absolute Gasteiger partial charge is 0.328 e. The Labute approximate surface area is 217 Å². The number of nitrogens with one attached hydrogen (secondary N) is 1. The molecule has 1 aromatic heterocycles. The van der Waals surface area contributed by atoms with E-state index < -0.39 is 40.4 Å². The lowest BCUT2D eigenvalue weighted by atomic mass is 9.96. The summed E-state index contributed by atoms with van der Waals surface area (Å²) in [7, 11) is 2.04. The summed E-state index contributed by atoms with van der Waals surface area (Å²) < 4.78 is 32.5. The van der Waals surface area contributed by atoms with Crippen LogP contribution >= 0.6 is 12.4 Å². The largest absolute Gasteiger partial charge is 0.487 e. The number of nitrogens with zero attached hydrogens (tertiary/aromatic N) is 2. The molecule has 3 aliphatic rings. The van der Waals surface area contributed by atoms with Crippen LogP contribution in [0, 0.1) is 11.7 Å². The number of hydrogen-bond acceptors (Lipinski definition) is 9. The summed E-state index contributed by atoms with van der Waals surface area (Å²) in [4.78, 5) is 53.0. The van der Waals surface area contributed by atoms with Crippen LogP contribution in [0.25, 0.3) is 10.9 Å². The lowest BCUT2D eigenvalue weighted by molar-refractivity contribution is -0.155. The summed E-state index contributed by atoms with van der Waals surface area (Å²) in [5.74, 6) is -5.77. The first-order chi connectivity index (χ1) is 17.3. The minimum atomic E-state index is -1.97. The van der Waals surface area contributed by atoms with E-state index >= 15 is 4.39 Å². The van der Waals surface area contributed by atoms with E-state index in [0.717, 1.165) is 33.3 Å². The van der Waals surface area contributed by atoms with E-state index in [1.807, 2.05) is 11.8 Å². The zero-order valence-corrected chi connectivity index (χ0v) is 21.4. The molecule has 1 fully saturated rings. The lowest BCUT2D eigenvalue weighted by Crippen LogP contribution is -2.37.